The number of rotatable bonds is 6. The number of amides is 1. The van der Waals surface area contributed by atoms with Crippen LogP contribution in [0.1, 0.15) is 12.0 Å². The van der Waals surface area contributed by atoms with Crippen molar-refractivity contribution >= 4 is 35.0 Å². The zero-order chi connectivity index (χ0) is 20.9. The minimum atomic E-state index is -0.179. The Labute approximate surface area is 183 Å². The Morgan fingerprint density at radius 1 is 0.900 bits per heavy atom. The summed E-state index contributed by atoms with van der Waals surface area (Å²) in [5, 5.41) is 7.89. The van der Waals surface area contributed by atoms with Crippen LogP contribution in [0.5, 0.6) is 0 Å². The normalized spacial score (nSPS) is 10.7. The fourth-order valence-corrected chi connectivity index (χ4v) is 3.72. The van der Waals surface area contributed by atoms with Gasteiger partial charge in [0.1, 0.15) is 5.69 Å². The van der Waals surface area contributed by atoms with E-state index in [1.165, 1.54) is 0 Å². The quantitative estimate of drug-likeness (QED) is 0.385. The molecule has 0 aliphatic carbocycles. The molecule has 4 aromatic rings. The maximum absolute atomic E-state index is 12.6. The van der Waals surface area contributed by atoms with E-state index in [0.29, 0.717) is 39.7 Å². The molecule has 0 radical (unpaired) electrons. The van der Waals surface area contributed by atoms with Crippen molar-refractivity contribution in [2.24, 2.45) is 0 Å². The Hall–Kier alpha value is -3.15. The van der Waals surface area contributed by atoms with Crippen molar-refractivity contribution in [2.75, 3.05) is 5.32 Å². The molecule has 5 nitrogen and oxygen atoms in total. The molecule has 0 atom stereocenters. The van der Waals surface area contributed by atoms with Gasteiger partial charge in [-0.15, -0.1) is 0 Å². The Morgan fingerprint density at radius 3 is 2.30 bits per heavy atom. The molecule has 0 saturated heterocycles. The molecule has 0 spiro atoms. The van der Waals surface area contributed by atoms with Gasteiger partial charge in [0.2, 0.25) is 11.8 Å². The molecule has 4 rings (SSSR count). The van der Waals surface area contributed by atoms with Gasteiger partial charge in [0.25, 0.3) is 0 Å². The lowest BCUT2D eigenvalue weighted by Gasteiger charge is -2.08. The topological polar surface area (TPSA) is 68.0 Å². The van der Waals surface area contributed by atoms with Gasteiger partial charge < -0.3 is 4.52 Å². The van der Waals surface area contributed by atoms with Crippen LogP contribution in [-0.2, 0) is 11.2 Å². The number of nitrogens with one attached hydrogen (secondary N) is 1. The van der Waals surface area contributed by atoms with Gasteiger partial charge >= 0.3 is 0 Å². The van der Waals surface area contributed by atoms with Crippen LogP contribution in [0.15, 0.2) is 77.6 Å². The number of benzene rings is 2. The summed E-state index contributed by atoms with van der Waals surface area (Å²) in [5.74, 6) is 0.0624. The standard InChI is InChI=1S/C23H17Cl2N3O2/c24-17-7-4-8-18(25)21(17)22-20(16-11-13-26-14-12-16)23(30-28-22)27-19(29)10-9-15-5-2-1-3-6-15/h1-8,11-14H,9-10H2,(H,27,29). The molecular formula is C23H17Cl2N3O2. The van der Waals surface area contributed by atoms with Gasteiger partial charge in [0, 0.05) is 24.4 Å². The molecule has 0 fully saturated rings. The van der Waals surface area contributed by atoms with E-state index in [1.54, 1.807) is 42.7 Å². The third-order valence-electron chi connectivity index (χ3n) is 4.60. The van der Waals surface area contributed by atoms with Crippen LogP contribution in [0.3, 0.4) is 0 Å². The minimum absolute atomic E-state index is 0.179. The molecule has 0 aliphatic heterocycles. The summed E-state index contributed by atoms with van der Waals surface area (Å²) < 4.78 is 5.52. The van der Waals surface area contributed by atoms with Crippen LogP contribution in [0, 0.1) is 0 Å². The van der Waals surface area contributed by atoms with E-state index in [4.69, 9.17) is 27.7 Å². The first kappa shape index (κ1) is 20.1. The van der Waals surface area contributed by atoms with Gasteiger partial charge in [-0.1, -0.05) is 64.8 Å². The first-order chi connectivity index (χ1) is 14.6. The number of hydrogen-bond donors (Lipinski definition) is 1. The predicted octanol–water partition coefficient (Wildman–Crippen LogP) is 6.28. The van der Waals surface area contributed by atoms with E-state index in [1.807, 2.05) is 30.3 Å². The predicted molar refractivity (Wildman–Crippen MR) is 119 cm³/mol. The summed E-state index contributed by atoms with van der Waals surface area (Å²) in [5.41, 5.74) is 3.45. The zero-order valence-corrected chi connectivity index (χ0v) is 17.3. The number of carbonyl (C=O) groups is 1. The third-order valence-corrected chi connectivity index (χ3v) is 5.23. The molecule has 0 saturated carbocycles. The second-order valence-electron chi connectivity index (χ2n) is 6.60. The number of nitrogens with zero attached hydrogens (tertiary/aromatic N) is 2. The average Bonchev–Trinajstić information content (AvgIpc) is 3.16. The van der Waals surface area contributed by atoms with Crippen LogP contribution >= 0.6 is 23.2 Å². The number of halogens is 2. The van der Waals surface area contributed by atoms with Crippen LogP contribution in [0.25, 0.3) is 22.4 Å². The van der Waals surface area contributed by atoms with E-state index in [9.17, 15) is 4.79 Å². The van der Waals surface area contributed by atoms with E-state index < -0.39 is 0 Å². The number of hydrogen-bond acceptors (Lipinski definition) is 4. The number of carbonyl (C=O) groups excluding carboxylic acids is 1. The van der Waals surface area contributed by atoms with Crippen LogP contribution in [0.2, 0.25) is 10.0 Å². The lowest BCUT2D eigenvalue weighted by Crippen LogP contribution is -2.12. The van der Waals surface area contributed by atoms with Crippen LogP contribution in [0.4, 0.5) is 5.88 Å². The second kappa shape index (κ2) is 9.11. The Balaban J connectivity index is 1.67. The van der Waals surface area contributed by atoms with Crippen molar-refractivity contribution in [3.05, 3.63) is 88.7 Å². The largest absolute Gasteiger partial charge is 0.337 e. The summed E-state index contributed by atoms with van der Waals surface area (Å²) in [4.78, 5) is 16.6. The summed E-state index contributed by atoms with van der Waals surface area (Å²) in [7, 11) is 0. The van der Waals surface area contributed by atoms with Gasteiger partial charge in [-0.2, -0.15) is 0 Å². The van der Waals surface area contributed by atoms with Crippen LogP contribution < -0.4 is 5.32 Å². The monoisotopic (exact) mass is 437 g/mol. The van der Waals surface area contributed by atoms with E-state index >= 15 is 0 Å². The van der Waals surface area contributed by atoms with Crippen molar-refractivity contribution < 1.29 is 9.32 Å². The van der Waals surface area contributed by atoms with Crippen molar-refractivity contribution in [1.29, 1.82) is 0 Å². The molecular weight excluding hydrogens is 421 g/mol. The van der Waals surface area contributed by atoms with Crippen LogP contribution in [-0.4, -0.2) is 16.0 Å². The molecule has 30 heavy (non-hydrogen) atoms. The average molecular weight is 438 g/mol. The highest BCUT2D eigenvalue weighted by Crippen LogP contribution is 2.43. The molecule has 2 aromatic heterocycles. The maximum atomic E-state index is 12.6. The minimum Gasteiger partial charge on any atom is -0.337 e. The number of aryl methyl sites for hydroxylation is 1. The molecule has 1 amide bonds. The summed E-state index contributed by atoms with van der Waals surface area (Å²) in [6, 6.07) is 18.6. The van der Waals surface area contributed by atoms with Crippen molar-refractivity contribution in [1.82, 2.24) is 10.1 Å². The molecule has 2 heterocycles. The van der Waals surface area contributed by atoms with Gasteiger partial charge in [-0.25, -0.2) is 0 Å². The van der Waals surface area contributed by atoms with Crippen molar-refractivity contribution in [2.45, 2.75) is 12.8 Å². The fourth-order valence-electron chi connectivity index (χ4n) is 3.15. The Bertz CT molecular complexity index is 1140. The number of pyridine rings is 1. The first-order valence-electron chi connectivity index (χ1n) is 9.31. The number of aromatic nitrogens is 2. The van der Waals surface area contributed by atoms with Crippen molar-refractivity contribution in [3.63, 3.8) is 0 Å². The molecule has 0 bridgehead atoms. The molecule has 0 unspecified atom stereocenters. The van der Waals surface area contributed by atoms with Gasteiger partial charge in [-0.3, -0.25) is 15.1 Å². The van der Waals surface area contributed by atoms with E-state index in [-0.39, 0.29) is 11.8 Å². The Morgan fingerprint density at radius 2 is 1.60 bits per heavy atom. The first-order valence-corrected chi connectivity index (χ1v) is 10.1. The highest BCUT2D eigenvalue weighted by molar-refractivity contribution is 6.39. The second-order valence-corrected chi connectivity index (χ2v) is 7.42. The number of anilines is 1. The van der Waals surface area contributed by atoms with E-state index in [2.05, 4.69) is 15.5 Å². The molecule has 0 aliphatic rings. The lowest BCUT2D eigenvalue weighted by atomic mass is 10.0. The van der Waals surface area contributed by atoms with Gasteiger partial charge in [0.15, 0.2) is 0 Å². The third kappa shape index (κ3) is 4.37. The zero-order valence-electron chi connectivity index (χ0n) is 15.8. The molecule has 2 aromatic carbocycles. The van der Waals surface area contributed by atoms with Gasteiger partial charge in [0.05, 0.1) is 15.6 Å². The lowest BCUT2D eigenvalue weighted by molar-refractivity contribution is -0.116. The maximum Gasteiger partial charge on any atom is 0.239 e. The molecule has 1 N–H and O–H groups in total. The SMILES string of the molecule is O=C(CCc1ccccc1)Nc1onc(-c2c(Cl)cccc2Cl)c1-c1ccncc1. The summed E-state index contributed by atoms with van der Waals surface area (Å²) >= 11 is 12.8. The molecule has 150 valence electrons. The van der Waals surface area contributed by atoms with E-state index in [0.717, 1.165) is 11.1 Å². The van der Waals surface area contributed by atoms with Gasteiger partial charge in [-0.05, 0) is 41.8 Å². The smallest absolute Gasteiger partial charge is 0.239 e. The fraction of sp³-hybridized carbons (Fsp3) is 0.0870. The summed E-state index contributed by atoms with van der Waals surface area (Å²) in [6.07, 6.45) is 4.24. The Kier molecular flexibility index (Phi) is 6.12. The van der Waals surface area contributed by atoms with Crippen molar-refractivity contribution in [3.8, 4) is 22.4 Å². The highest BCUT2D eigenvalue weighted by atomic mass is 35.5. The molecule has 7 heteroatoms. The highest BCUT2D eigenvalue weighted by Gasteiger charge is 2.24. The summed E-state index contributed by atoms with van der Waals surface area (Å²) in [6.45, 7) is 0.